The van der Waals surface area contributed by atoms with Gasteiger partial charge in [0.2, 0.25) is 5.89 Å². The summed E-state index contributed by atoms with van der Waals surface area (Å²) in [6, 6.07) is 7.70. The molecule has 1 atom stereocenters. The van der Waals surface area contributed by atoms with Crippen LogP contribution in [-0.4, -0.2) is 16.0 Å². The maximum atomic E-state index is 11.8. The summed E-state index contributed by atoms with van der Waals surface area (Å²) in [6.45, 7) is 0. The number of benzene rings is 1. The van der Waals surface area contributed by atoms with E-state index in [4.69, 9.17) is 16.6 Å². The molecule has 4 nitrogen and oxygen atoms in total. The average Bonchev–Trinajstić information content (AvgIpc) is 2.86. The summed E-state index contributed by atoms with van der Waals surface area (Å²) < 4.78 is 5.23. The lowest BCUT2D eigenvalue weighted by Gasteiger charge is -2.06. The Morgan fingerprint density at radius 1 is 1.47 bits per heavy atom. The van der Waals surface area contributed by atoms with Crippen molar-refractivity contribution in [3.05, 3.63) is 46.1 Å². The van der Waals surface area contributed by atoms with Crippen molar-refractivity contribution in [2.24, 2.45) is 0 Å². The van der Waals surface area contributed by atoms with E-state index in [1.54, 1.807) is 0 Å². The molecular weight excluding hydrogens is 236 g/mol. The topological polar surface area (TPSA) is 58.9 Å². The van der Waals surface area contributed by atoms with Crippen LogP contribution in [0.1, 0.15) is 34.2 Å². The van der Waals surface area contributed by atoms with Crippen molar-refractivity contribution in [3.63, 3.8) is 0 Å². The summed E-state index contributed by atoms with van der Waals surface area (Å²) >= 11 is 4.82. The summed E-state index contributed by atoms with van der Waals surface area (Å²) in [6.07, 6.45) is 1.13. The van der Waals surface area contributed by atoms with E-state index in [2.05, 4.69) is 10.2 Å². The summed E-state index contributed by atoms with van der Waals surface area (Å²) in [5, 5.41) is 6.56. The summed E-state index contributed by atoms with van der Waals surface area (Å²) in [7, 11) is 0. The van der Waals surface area contributed by atoms with Crippen molar-refractivity contribution in [3.8, 4) is 0 Å². The maximum absolute atomic E-state index is 11.8. The van der Waals surface area contributed by atoms with Crippen molar-refractivity contribution < 1.29 is 9.21 Å². The first kappa shape index (κ1) is 10.4. The Morgan fingerprint density at radius 2 is 2.29 bits per heavy atom. The molecule has 0 spiro atoms. The molecule has 5 heteroatoms. The van der Waals surface area contributed by atoms with Crippen LogP contribution in [0.2, 0.25) is 0 Å². The third kappa shape index (κ3) is 1.82. The number of H-pyrrole nitrogens is 1. The zero-order valence-electron chi connectivity index (χ0n) is 8.97. The quantitative estimate of drug-likeness (QED) is 0.827. The van der Waals surface area contributed by atoms with Crippen molar-refractivity contribution in [2.45, 2.75) is 18.8 Å². The van der Waals surface area contributed by atoms with Crippen molar-refractivity contribution in [1.82, 2.24) is 10.2 Å². The van der Waals surface area contributed by atoms with Gasteiger partial charge in [0.15, 0.2) is 5.78 Å². The van der Waals surface area contributed by atoms with Crippen LogP contribution in [0.15, 0.2) is 28.7 Å². The SMILES string of the molecule is O=C1CC(Cc2n[nH]c(=S)o2)c2ccccc21. The van der Waals surface area contributed by atoms with E-state index in [1.165, 1.54) is 0 Å². The minimum Gasteiger partial charge on any atom is -0.414 e. The molecule has 2 aromatic rings. The smallest absolute Gasteiger partial charge is 0.284 e. The molecule has 86 valence electrons. The lowest BCUT2D eigenvalue weighted by Crippen LogP contribution is -1.99. The molecule has 0 amide bonds. The Balaban J connectivity index is 1.92. The highest BCUT2D eigenvalue weighted by molar-refractivity contribution is 7.71. The fourth-order valence-corrected chi connectivity index (χ4v) is 2.43. The molecule has 1 aliphatic rings. The summed E-state index contributed by atoms with van der Waals surface area (Å²) in [5.74, 6) is 0.907. The molecule has 0 saturated heterocycles. The van der Waals surface area contributed by atoms with Gasteiger partial charge in [-0.2, -0.15) is 0 Å². The molecule has 1 unspecified atom stereocenters. The molecule has 1 aromatic carbocycles. The zero-order valence-corrected chi connectivity index (χ0v) is 9.79. The number of aromatic nitrogens is 2. The van der Waals surface area contributed by atoms with Gasteiger partial charge in [0.05, 0.1) is 0 Å². The predicted octanol–water partition coefficient (Wildman–Crippen LogP) is 2.64. The number of Topliss-reactive ketones (excluding diaryl/α,β-unsaturated/α-hetero) is 1. The molecule has 1 aromatic heterocycles. The van der Waals surface area contributed by atoms with Crippen molar-refractivity contribution in [2.75, 3.05) is 0 Å². The first-order valence-corrected chi connectivity index (χ1v) is 5.81. The second-order valence-corrected chi connectivity index (χ2v) is 4.49. The normalized spacial score (nSPS) is 18.4. The van der Waals surface area contributed by atoms with Gasteiger partial charge in [-0.25, -0.2) is 5.10 Å². The van der Waals surface area contributed by atoms with Gasteiger partial charge in [-0.3, -0.25) is 4.79 Å². The average molecular weight is 246 g/mol. The molecule has 0 saturated carbocycles. The Morgan fingerprint density at radius 3 is 3.06 bits per heavy atom. The monoisotopic (exact) mass is 246 g/mol. The highest BCUT2D eigenvalue weighted by Crippen LogP contribution is 2.34. The number of aromatic amines is 1. The van der Waals surface area contributed by atoms with Gasteiger partial charge in [0, 0.05) is 24.3 Å². The van der Waals surface area contributed by atoms with Gasteiger partial charge in [0.25, 0.3) is 4.84 Å². The van der Waals surface area contributed by atoms with Gasteiger partial charge in [-0.1, -0.05) is 24.3 Å². The number of hydrogen-bond acceptors (Lipinski definition) is 4. The molecule has 0 bridgehead atoms. The van der Waals surface area contributed by atoms with Crippen LogP contribution in [0.25, 0.3) is 0 Å². The van der Waals surface area contributed by atoms with E-state index in [0.717, 1.165) is 11.1 Å². The predicted molar refractivity (Wildman–Crippen MR) is 63.5 cm³/mol. The third-order valence-electron chi connectivity index (χ3n) is 3.04. The summed E-state index contributed by atoms with van der Waals surface area (Å²) in [5.41, 5.74) is 1.91. The zero-order chi connectivity index (χ0) is 11.8. The second kappa shape index (κ2) is 3.92. The van der Waals surface area contributed by atoms with E-state index < -0.39 is 0 Å². The van der Waals surface area contributed by atoms with Crippen LogP contribution >= 0.6 is 12.2 Å². The number of nitrogens with zero attached hydrogens (tertiary/aromatic N) is 1. The van der Waals surface area contributed by atoms with E-state index >= 15 is 0 Å². The number of rotatable bonds is 2. The molecule has 0 aliphatic heterocycles. The molecule has 0 radical (unpaired) electrons. The first-order valence-electron chi connectivity index (χ1n) is 5.40. The van der Waals surface area contributed by atoms with Crippen molar-refractivity contribution in [1.29, 1.82) is 0 Å². The number of hydrogen-bond donors (Lipinski definition) is 1. The molecule has 17 heavy (non-hydrogen) atoms. The lowest BCUT2D eigenvalue weighted by atomic mass is 9.98. The molecule has 1 heterocycles. The first-order chi connectivity index (χ1) is 8.24. The van der Waals surface area contributed by atoms with Gasteiger partial charge < -0.3 is 4.42 Å². The van der Waals surface area contributed by atoms with Crippen LogP contribution in [0, 0.1) is 4.84 Å². The van der Waals surface area contributed by atoms with Crippen molar-refractivity contribution >= 4 is 18.0 Å². The Hall–Kier alpha value is -1.75. The Kier molecular flexibility index (Phi) is 2.40. The lowest BCUT2D eigenvalue weighted by molar-refractivity contribution is 0.0988. The minimum atomic E-state index is 0.153. The minimum absolute atomic E-state index is 0.153. The van der Waals surface area contributed by atoms with Gasteiger partial charge in [0.1, 0.15) is 0 Å². The Labute approximate surface area is 103 Å². The molecule has 1 aliphatic carbocycles. The van der Waals surface area contributed by atoms with E-state index in [0.29, 0.717) is 18.7 Å². The molecule has 0 fully saturated rings. The molecule has 3 rings (SSSR count). The Bertz CT molecular complexity index is 629. The van der Waals surface area contributed by atoms with E-state index in [-0.39, 0.29) is 16.5 Å². The van der Waals surface area contributed by atoms with E-state index in [1.807, 2.05) is 24.3 Å². The fraction of sp³-hybridized carbons (Fsp3) is 0.250. The van der Waals surface area contributed by atoms with Crippen LogP contribution in [-0.2, 0) is 6.42 Å². The van der Waals surface area contributed by atoms with Gasteiger partial charge in [-0.15, -0.1) is 5.10 Å². The highest BCUT2D eigenvalue weighted by atomic mass is 32.1. The highest BCUT2D eigenvalue weighted by Gasteiger charge is 2.29. The van der Waals surface area contributed by atoms with Gasteiger partial charge in [-0.05, 0) is 17.8 Å². The largest absolute Gasteiger partial charge is 0.414 e. The second-order valence-electron chi connectivity index (χ2n) is 4.12. The van der Waals surface area contributed by atoms with Gasteiger partial charge >= 0.3 is 0 Å². The van der Waals surface area contributed by atoms with E-state index in [9.17, 15) is 4.79 Å². The van der Waals surface area contributed by atoms with Crippen LogP contribution in [0.5, 0.6) is 0 Å². The number of carbonyl (C=O) groups is 1. The van der Waals surface area contributed by atoms with Crippen LogP contribution in [0.4, 0.5) is 0 Å². The maximum Gasteiger partial charge on any atom is 0.284 e. The fourth-order valence-electron chi connectivity index (χ4n) is 2.29. The molecule has 1 N–H and O–H groups in total. The summed E-state index contributed by atoms with van der Waals surface area (Å²) in [4.78, 5) is 12.1. The van der Waals surface area contributed by atoms with Crippen LogP contribution in [0.3, 0.4) is 0 Å². The number of ketones is 1. The third-order valence-corrected chi connectivity index (χ3v) is 3.21. The van der Waals surface area contributed by atoms with Crippen LogP contribution < -0.4 is 0 Å². The molecular formula is C12H10N2O2S. The number of nitrogens with one attached hydrogen (secondary N) is 1. The number of carbonyl (C=O) groups excluding carboxylic acids is 1. The standard InChI is InChI=1S/C12H10N2O2S/c15-10-5-7(6-11-13-14-12(17)16-11)8-3-1-2-4-9(8)10/h1-4,7H,5-6H2,(H,14,17). The number of fused-ring (bicyclic) bond motifs is 1.